The van der Waals surface area contributed by atoms with E-state index in [0.717, 1.165) is 16.5 Å². The van der Waals surface area contributed by atoms with Gasteiger partial charge in [0.1, 0.15) is 12.4 Å². The molecule has 2 aromatic rings. The molecule has 22 heavy (non-hydrogen) atoms. The van der Waals surface area contributed by atoms with Crippen LogP contribution in [-0.4, -0.2) is 33.4 Å². The van der Waals surface area contributed by atoms with Gasteiger partial charge in [0.2, 0.25) is 0 Å². The number of nitrogens with two attached hydrogens (primary N) is 1. The van der Waals surface area contributed by atoms with E-state index in [1.54, 1.807) is 24.7 Å². The van der Waals surface area contributed by atoms with E-state index in [9.17, 15) is 0 Å². The van der Waals surface area contributed by atoms with Crippen LogP contribution >= 0.6 is 11.8 Å². The highest BCUT2D eigenvalue weighted by atomic mass is 32.2. The highest BCUT2D eigenvalue weighted by Crippen LogP contribution is 2.24. The van der Waals surface area contributed by atoms with Gasteiger partial charge in [0.25, 0.3) is 0 Å². The minimum Gasteiger partial charge on any atom is -0.490 e. The van der Waals surface area contributed by atoms with E-state index in [1.165, 1.54) is 11.8 Å². The summed E-state index contributed by atoms with van der Waals surface area (Å²) in [6, 6.07) is 3.72. The lowest BCUT2D eigenvalue weighted by molar-refractivity contribution is 0.296. The van der Waals surface area contributed by atoms with E-state index >= 15 is 0 Å². The summed E-state index contributed by atoms with van der Waals surface area (Å²) in [5.74, 6) is 1.46. The Hall–Kier alpha value is -1.66. The molecular weight excluding hydrogens is 296 g/mol. The van der Waals surface area contributed by atoms with Crippen molar-refractivity contribution in [2.45, 2.75) is 37.4 Å². The molecule has 0 amide bonds. The fourth-order valence-electron chi connectivity index (χ4n) is 1.70. The molecular formula is C16H22N4OS. The fraction of sp³-hybridized carbons (Fsp3) is 0.438. The number of pyridine rings is 1. The zero-order valence-electron chi connectivity index (χ0n) is 13.2. The molecule has 2 rings (SSSR count). The highest BCUT2D eigenvalue weighted by Gasteiger charge is 2.15. The SMILES string of the molecule is CC(C)(C)c1cncc(OC[C@@H](N)CSc2ncccn2)c1. The number of hydrogen-bond donors (Lipinski definition) is 1. The Bertz CT molecular complexity index is 586. The van der Waals surface area contributed by atoms with Crippen LogP contribution in [0.15, 0.2) is 42.1 Å². The first-order valence-electron chi connectivity index (χ1n) is 7.19. The Labute approximate surface area is 135 Å². The molecule has 0 fully saturated rings. The van der Waals surface area contributed by atoms with Crippen molar-refractivity contribution in [1.82, 2.24) is 15.0 Å². The molecule has 0 aliphatic heterocycles. The fourth-order valence-corrected chi connectivity index (χ4v) is 2.43. The van der Waals surface area contributed by atoms with Gasteiger partial charge in [-0.1, -0.05) is 32.5 Å². The molecule has 0 saturated carbocycles. The number of thioether (sulfide) groups is 1. The second kappa shape index (κ2) is 7.56. The molecule has 0 aliphatic rings. The van der Waals surface area contributed by atoms with Gasteiger partial charge in [-0.3, -0.25) is 4.98 Å². The molecule has 0 saturated heterocycles. The first-order chi connectivity index (χ1) is 10.4. The minimum absolute atomic E-state index is 0.0506. The number of aromatic nitrogens is 3. The van der Waals surface area contributed by atoms with Crippen molar-refractivity contribution in [1.29, 1.82) is 0 Å². The molecule has 2 N–H and O–H groups in total. The maximum absolute atomic E-state index is 6.07. The number of ether oxygens (including phenoxy) is 1. The van der Waals surface area contributed by atoms with E-state index < -0.39 is 0 Å². The monoisotopic (exact) mass is 318 g/mol. The van der Waals surface area contributed by atoms with Crippen LogP contribution in [-0.2, 0) is 5.41 Å². The van der Waals surface area contributed by atoms with E-state index in [4.69, 9.17) is 10.5 Å². The summed E-state index contributed by atoms with van der Waals surface area (Å²) in [6.07, 6.45) is 7.03. The molecule has 0 unspecified atom stereocenters. The summed E-state index contributed by atoms with van der Waals surface area (Å²) >= 11 is 1.53. The summed E-state index contributed by atoms with van der Waals surface area (Å²) < 4.78 is 5.75. The van der Waals surface area contributed by atoms with Crippen LogP contribution in [0.2, 0.25) is 0 Å². The zero-order valence-corrected chi connectivity index (χ0v) is 14.0. The lowest BCUT2D eigenvalue weighted by Gasteiger charge is -2.19. The van der Waals surface area contributed by atoms with Crippen LogP contribution < -0.4 is 10.5 Å². The van der Waals surface area contributed by atoms with E-state index in [-0.39, 0.29) is 11.5 Å². The molecule has 0 radical (unpaired) electrons. The van der Waals surface area contributed by atoms with Gasteiger partial charge in [0, 0.05) is 30.4 Å². The molecule has 2 heterocycles. The highest BCUT2D eigenvalue weighted by molar-refractivity contribution is 7.99. The van der Waals surface area contributed by atoms with Crippen molar-refractivity contribution in [3.05, 3.63) is 42.5 Å². The van der Waals surface area contributed by atoms with Gasteiger partial charge in [0.05, 0.1) is 6.20 Å². The number of hydrogen-bond acceptors (Lipinski definition) is 6. The molecule has 0 aromatic carbocycles. The smallest absolute Gasteiger partial charge is 0.187 e. The van der Waals surface area contributed by atoms with Crippen molar-refractivity contribution in [3.8, 4) is 5.75 Å². The average Bonchev–Trinajstić information content (AvgIpc) is 2.51. The molecule has 0 bridgehead atoms. The molecule has 0 aliphatic carbocycles. The standard InChI is InChI=1S/C16H22N4OS/c1-16(2,3)12-7-14(9-18-8-12)21-10-13(17)11-22-15-19-5-4-6-20-15/h4-9,13H,10-11,17H2,1-3H3/t13-/m1/s1. The quantitative estimate of drug-likeness (QED) is 0.652. The Balaban J connectivity index is 1.82. The topological polar surface area (TPSA) is 73.9 Å². The molecule has 118 valence electrons. The van der Waals surface area contributed by atoms with Gasteiger partial charge >= 0.3 is 0 Å². The van der Waals surface area contributed by atoms with Gasteiger partial charge in [-0.2, -0.15) is 0 Å². The Kier molecular flexibility index (Phi) is 5.74. The maximum Gasteiger partial charge on any atom is 0.187 e. The normalized spacial score (nSPS) is 12.9. The maximum atomic E-state index is 6.07. The number of nitrogens with zero attached hydrogens (tertiary/aromatic N) is 3. The third kappa shape index (κ3) is 5.27. The Morgan fingerprint density at radius 1 is 1.23 bits per heavy atom. The minimum atomic E-state index is -0.0906. The summed E-state index contributed by atoms with van der Waals surface area (Å²) in [6.45, 7) is 6.89. The lowest BCUT2D eigenvalue weighted by Crippen LogP contribution is -2.30. The van der Waals surface area contributed by atoms with E-state index in [2.05, 4.69) is 35.7 Å². The van der Waals surface area contributed by atoms with Crippen molar-refractivity contribution >= 4 is 11.8 Å². The van der Waals surface area contributed by atoms with Gasteiger partial charge in [-0.15, -0.1) is 0 Å². The van der Waals surface area contributed by atoms with E-state index in [0.29, 0.717) is 12.4 Å². The lowest BCUT2D eigenvalue weighted by atomic mass is 9.88. The summed E-state index contributed by atoms with van der Waals surface area (Å²) in [4.78, 5) is 12.5. The van der Waals surface area contributed by atoms with Crippen LogP contribution in [0.4, 0.5) is 0 Å². The van der Waals surface area contributed by atoms with Gasteiger partial charge < -0.3 is 10.5 Å². The summed E-state index contributed by atoms with van der Waals surface area (Å²) in [5.41, 5.74) is 7.27. The predicted molar refractivity (Wildman–Crippen MR) is 89.2 cm³/mol. The van der Waals surface area contributed by atoms with Crippen LogP contribution in [0.3, 0.4) is 0 Å². The van der Waals surface area contributed by atoms with Crippen molar-refractivity contribution in [2.75, 3.05) is 12.4 Å². The van der Waals surface area contributed by atoms with Crippen LogP contribution in [0.5, 0.6) is 5.75 Å². The zero-order chi connectivity index (χ0) is 16.0. The first-order valence-corrected chi connectivity index (χ1v) is 8.17. The van der Waals surface area contributed by atoms with Gasteiger partial charge in [-0.05, 0) is 23.1 Å². The summed E-state index contributed by atoms with van der Waals surface area (Å²) in [7, 11) is 0. The van der Waals surface area contributed by atoms with Crippen molar-refractivity contribution in [2.24, 2.45) is 5.73 Å². The predicted octanol–water partition coefficient (Wildman–Crippen LogP) is 2.67. The second-order valence-electron chi connectivity index (χ2n) is 6.07. The average molecular weight is 318 g/mol. The molecule has 1 atom stereocenters. The molecule has 5 nitrogen and oxygen atoms in total. The number of rotatable bonds is 6. The van der Waals surface area contributed by atoms with E-state index in [1.807, 2.05) is 12.3 Å². The first kappa shape index (κ1) is 16.7. The summed E-state index contributed by atoms with van der Waals surface area (Å²) in [5, 5.41) is 0.731. The van der Waals surface area contributed by atoms with Crippen LogP contribution in [0, 0.1) is 0 Å². The van der Waals surface area contributed by atoms with Crippen LogP contribution in [0.1, 0.15) is 26.3 Å². The van der Waals surface area contributed by atoms with Gasteiger partial charge in [0.15, 0.2) is 5.16 Å². The Morgan fingerprint density at radius 3 is 2.64 bits per heavy atom. The molecule has 6 heteroatoms. The van der Waals surface area contributed by atoms with Crippen LogP contribution in [0.25, 0.3) is 0 Å². The second-order valence-corrected chi connectivity index (χ2v) is 7.06. The largest absolute Gasteiger partial charge is 0.490 e. The van der Waals surface area contributed by atoms with Crippen molar-refractivity contribution in [3.63, 3.8) is 0 Å². The molecule has 0 spiro atoms. The van der Waals surface area contributed by atoms with Crippen molar-refractivity contribution < 1.29 is 4.74 Å². The molecule has 2 aromatic heterocycles. The Morgan fingerprint density at radius 2 is 1.95 bits per heavy atom. The third-order valence-corrected chi connectivity index (χ3v) is 4.08. The third-order valence-electron chi connectivity index (χ3n) is 3.01. The van der Waals surface area contributed by atoms with Gasteiger partial charge in [-0.25, -0.2) is 9.97 Å².